The maximum absolute atomic E-state index is 12.5. The van der Waals surface area contributed by atoms with Gasteiger partial charge in [0.15, 0.2) is 0 Å². The van der Waals surface area contributed by atoms with Crippen LogP contribution in [0.4, 0.5) is 4.79 Å². The van der Waals surface area contributed by atoms with Gasteiger partial charge >= 0.3 is 12.0 Å². The smallest absolute Gasteiger partial charge is 0.318 e. The number of nitrogens with one attached hydrogen (secondary N) is 1. The number of carbonyl (C=O) groups excluding carboxylic acids is 1. The van der Waals surface area contributed by atoms with E-state index in [1.54, 1.807) is 4.90 Å². The van der Waals surface area contributed by atoms with Crippen LogP contribution in [0, 0.1) is 0 Å². The van der Waals surface area contributed by atoms with Crippen LogP contribution in [0.3, 0.4) is 0 Å². The molecule has 2 amide bonds. The zero-order valence-electron chi connectivity index (χ0n) is 13.8. The van der Waals surface area contributed by atoms with E-state index in [0.717, 1.165) is 19.4 Å². The molecule has 1 saturated heterocycles. The number of aliphatic carboxylic acids is 1. The molecule has 0 aromatic rings. The number of urea groups is 1. The minimum absolute atomic E-state index is 0.0332. The second kappa shape index (κ2) is 7.11. The van der Waals surface area contributed by atoms with Crippen LogP contribution in [0.5, 0.6) is 0 Å². The van der Waals surface area contributed by atoms with E-state index in [0.29, 0.717) is 6.04 Å². The summed E-state index contributed by atoms with van der Waals surface area (Å²) in [4.78, 5) is 27.1. The summed E-state index contributed by atoms with van der Waals surface area (Å²) in [5.74, 6) is -0.884. The first-order valence-electron chi connectivity index (χ1n) is 7.61. The van der Waals surface area contributed by atoms with Gasteiger partial charge in [-0.1, -0.05) is 0 Å². The number of hydrogen-bond acceptors (Lipinski definition) is 3. The Bertz CT molecular complexity index is 379. The highest BCUT2D eigenvalue weighted by Crippen LogP contribution is 2.18. The van der Waals surface area contributed by atoms with E-state index < -0.39 is 11.5 Å². The number of hydrogen-bond donors (Lipinski definition) is 2. The number of carbonyl (C=O) groups is 2. The maximum atomic E-state index is 12.5. The lowest BCUT2D eigenvalue weighted by Crippen LogP contribution is -2.55. The average Bonchev–Trinajstić information content (AvgIpc) is 2.32. The van der Waals surface area contributed by atoms with Crippen LogP contribution in [-0.2, 0) is 4.79 Å². The van der Waals surface area contributed by atoms with E-state index in [-0.39, 0.29) is 25.0 Å². The summed E-state index contributed by atoms with van der Waals surface area (Å²) in [7, 11) is 2.09. The summed E-state index contributed by atoms with van der Waals surface area (Å²) in [6.45, 7) is 9.12. The Kier molecular flexibility index (Phi) is 6.01. The highest BCUT2D eigenvalue weighted by atomic mass is 16.4. The Morgan fingerprint density at radius 2 is 2.00 bits per heavy atom. The minimum Gasteiger partial charge on any atom is -0.481 e. The number of carboxylic acid groups (broad SMARTS) is 1. The summed E-state index contributed by atoms with van der Waals surface area (Å²) < 4.78 is 0. The summed E-state index contributed by atoms with van der Waals surface area (Å²) in [6, 6.07) is 0.454. The lowest BCUT2D eigenvalue weighted by atomic mass is 9.99. The van der Waals surface area contributed by atoms with Gasteiger partial charge in [0.05, 0.1) is 6.42 Å². The summed E-state index contributed by atoms with van der Waals surface area (Å²) in [5.41, 5.74) is -0.392. The van der Waals surface area contributed by atoms with Gasteiger partial charge in [0.1, 0.15) is 0 Å². The van der Waals surface area contributed by atoms with Gasteiger partial charge in [0.25, 0.3) is 0 Å². The summed E-state index contributed by atoms with van der Waals surface area (Å²) >= 11 is 0. The zero-order valence-corrected chi connectivity index (χ0v) is 13.8. The molecular weight excluding hydrogens is 270 g/mol. The van der Waals surface area contributed by atoms with E-state index in [9.17, 15) is 9.59 Å². The van der Waals surface area contributed by atoms with Crippen molar-refractivity contribution in [2.45, 2.75) is 64.6 Å². The van der Waals surface area contributed by atoms with Gasteiger partial charge in [-0.2, -0.15) is 0 Å². The van der Waals surface area contributed by atoms with Crippen LogP contribution in [0.15, 0.2) is 0 Å². The van der Waals surface area contributed by atoms with E-state index in [4.69, 9.17) is 5.11 Å². The fourth-order valence-corrected chi connectivity index (χ4v) is 2.62. The Morgan fingerprint density at radius 1 is 1.38 bits per heavy atom. The molecule has 2 atom stereocenters. The number of likely N-dealkylation sites (tertiary alicyclic amines) is 1. The molecule has 2 unspecified atom stereocenters. The van der Waals surface area contributed by atoms with Gasteiger partial charge in [-0.25, -0.2) is 4.79 Å². The normalized spacial score (nSPS) is 23.7. The molecule has 1 heterocycles. The number of carboxylic acids is 1. The molecule has 0 aromatic heterocycles. The maximum Gasteiger partial charge on any atom is 0.318 e. The first-order valence-corrected chi connectivity index (χ1v) is 7.61. The molecule has 0 spiro atoms. The van der Waals surface area contributed by atoms with Gasteiger partial charge in [-0.3, -0.25) is 4.79 Å². The number of amides is 2. The quantitative estimate of drug-likeness (QED) is 0.829. The van der Waals surface area contributed by atoms with Crippen LogP contribution in [0.2, 0.25) is 0 Å². The van der Waals surface area contributed by atoms with E-state index >= 15 is 0 Å². The van der Waals surface area contributed by atoms with E-state index in [1.807, 2.05) is 20.8 Å². The van der Waals surface area contributed by atoms with Crippen molar-refractivity contribution in [3.63, 3.8) is 0 Å². The molecule has 6 heteroatoms. The van der Waals surface area contributed by atoms with Crippen LogP contribution < -0.4 is 5.32 Å². The topological polar surface area (TPSA) is 72.9 Å². The van der Waals surface area contributed by atoms with Gasteiger partial charge in [0.2, 0.25) is 0 Å². The fraction of sp³-hybridized carbons (Fsp3) is 0.867. The molecule has 6 nitrogen and oxygen atoms in total. The van der Waals surface area contributed by atoms with Crippen molar-refractivity contribution < 1.29 is 14.7 Å². The second-order valence-electron chi connectivity index (χ2n) is 6.97. The van der Waals surface area contributed by atoms with Crippen molar-refractivity contribution in [2.75, 3.05) is 20.1 Å². The number of rotatable bonds is 4. The second-order valence-corrected chi connectivity index (χ2v) is 6.97. The average molecular weight is 299 g/mol. The lowest BCUT2D eigenvalue weighted by molar-refractivity contribution is -0.137. The SMILES string of the molecule is CC1CC(NC(=O)N(CCC(=O)O)C(C)(C)C)CCN1C. The molecule has 0 aliphatic carbocycles. The standard InChI is InChI=1S/C15H29N3O3/c1-11-10-12(6-8-17(11)5)16-14(21)18(15(2,3)4)9-7-13(19)20/h11-12H,6-10H2,1-5H3,(H,16,21)(H,19,20). The monoisotopic (exact) mass is 299 g/mol. The van der Waals surface area contributed by atoms with Crippen LogP contribution in [0.1, 0.15) is 47.0 Å². The first kappa shape index (κ1) is 17.8. The summed E-state index contributed by atoms with van der Waals surface area (Å²) in [6.07, 6.45) is 1.83. The molecule has 1 aliphatic rings. The molecule has 0 radical (unpaired) electrons. The highest BCUT2D eigenvalue weighted by molar-refractivity contribution is 5.76. The Labute approximate surface area is 127 Å². The largest absolute Gasteiger partial charge is 0.481 e. The Hall–Kier alpha value is -1.30. The third kappa shape index (κ3) is 5.53. The molecule has 122 valence electrons. The molecular formula is C15H29N3O3. The van der Waals surface area contributed by atoms with Crippen molar-refractivity contribution in [3.8, 4) is 0 Å². The van der Waals surface area contributed by atoms with Crippen LogP contribution in [-0.4, -0.2) is 64.7 Å². The van der Waals surface area contributed by atoms with Crippen molar-refractivity contribution in [2.24, 2.45) is 0 Å². The van der Waals surface area contributed by atoms with Gasteiger partial charge in [0, 0.05) is 30.7 Å². The molecule has 1 aliphatic heterocycles. The zero-order chi connectivity index (χ0) is 16.2. The van der Waals surface area contributed by atoms with Crippen LogP contribution in [0.25, 0.3) is 0 Å². The third-order valence-corrected chi connectivity index (χ3v) is 4.14. The van der Waals surface area contributed by atoms with E-state index in [1.165, 1.54) is 0 Å². The van der Waals surface area contributed by atoms with Crippen molar-refractivity contribution >= 4 is 12.0 Å². The highest BCUT2D eigenvalue weighted by Gasteiger charge is 2.30. The molecule has 0 saturated carbocycles. The third-order valence-electron chi connectivity index (χ3n) is 4.14. The molecule has 1 fully saturated rings. The van der Waals surface area contributed by atoms with Crippen molar-refractivity contribution in [1.29, 1.82) is 0 Å². The number of nitrogens with zero attached hydrogens (tertiary/aromatic N) is 2. The van der Waals surface area contributed by atoms with Gasteiger partial charge in [-0.05, 0) is 47.6 Å². The fourth-order valence-electron chi connectivity index (χ4n) is 2.62. The van der Waals surface area contributed by atoms with Crippen LogP contribution >= 0.6 is 0 Å². The predicted octanol–water partition coefficient (Wildman–Crippen LogP) is 1.75. The Morgan fingerprint density at radius 3 is 2.48 bits per heavy atom. The Balaban J connectivity index is 2.62. The molecule has 0 aromatic carbocycles. The summed E-state index contributed by atoms with van der Waals surface area (Å²) in [5, 5.41) is 11.9. The lowest BCUT2D eigenvalue weighted by Gasteiger charge is -2.39. The minimum atomic E-state index is -0.884. The molecule has 0 bridgehead atoms. The van der Waals surface area contributed by atoms with Crippen molar-refractivity contribution in [3.05, 3.63) is 0 Å². The molecule has 2 N–H and O–H groups in total. The van der Waals surface area contributed by atoms with E-state index in [2.05, 4.69) is 24.2 Å². The predicted molar refractivity (Wildman–Crippen MR) is 82.4 cm³/mol. The first-order chi connectivity index (χ1) is 9.61. The van der Waals surface area contributed by atoms with Gasteiger partial charge < -0.3 is 20.2 Å². The number of piperidine rings is 1. The molecule has 21 heavy (non-hydrogen) atoms. The van der Waals surface area contributed by atoms with Crippen molar-refractivity contribution in [1.82, 2.24) is 15.1 Å². The molecule has 1 rings (SSSR count). The van der Waals surface area contributed by atoms with Gasteiger partial charge in [-0.15, -0.1) is 0 Å².